The van der Waals surface area contributed by atoms with E-state index in [1.807, 2.05) is 30.5 Å². The summed E-state index contributed by atoms with van der Waals surface area (Å²) in [6.45, 7) is 0.162. The molecule has 1 N–H and O–H groups in total. The van der Waals surface area contributed by atoms with Gasteiger partial charge < -0.3 is 9.84 Å². The third-order valence-electron chi connectivity index (χ3n) is 2.52. The monoisotopic (exact) mass is 239 g/mol. The average molecular weight is 239 g/mol. The second kappa shape index (κ2) is 4.76. The molecule has 0 bridgehead atoms. The smallest absolute Gasteiger partial charge is 0.414 e. The van der Waals surface area contributed by atoms with E-state index in [9.17, 15) is 4.79 Å². The summed E-state index contributed by atoms with van der Waals surface area (Å²) in [5.74, 6) is 0. The van der Waals surface area contributed by atoms with Gasteiger partial charge in [0.1, 0.15) is 6.61 Å². The molecule has 0 saturated carbocycles. The Balaban J connectivity index is 2.24. The molecule has 16 heavy (non-hydrogen) atoms. The molecule has 86 valence electrons. The van der Waals surface area contributed by atoms with E-state index in [-0.39, 0.29) is 19.3 Å². The van der Waals surface area contributed by atoms with Crippen LogP contribution in [0, 0.1) is 0 Å². The number of aliphatic hydroxyl groups excluding tert-OH is 1. The molecule has 4 nitrogen and oxygen atoms in total. The van der Waals surface area contributed by atoms with Crippen LogP contribution in [-0.2, 0) is 4.74 Å². The van der Waals surface area contributed by atoms with Crippen LogP contribution >= 0.6 is 11.8 Å². The minimum atomic E-state index is -0.393. The number of cyclic esters (lactones) is 1. The van der Waals surface area contributed by atoms with Crippen LogP contribution in [0.3, 0.4) is 0 Å². The summed E-state index contributed by atoms with van der Waals surface area (Å²) in [5.41, 5.74) is 0.763. The Morgan fingerprint density at radius 2 is 2.19 bits per heavy atom. The van der Waals surface area contributed by atoms with Crippen LogP contribution in [-0.4, -0.2) is 36.7 Å². The lowest BCUT2D eigenvalue weighted by Crippen LogP contribution is -2.35. The van der Waals surface area contributed by atoms with Gasteiger partial charge in [0.05, 0.1) is 12.6 Å². The number of benzene rings is 1. The predicted molar refractivity (Wildman–Crippen MR) is 62.9 cm³/mol. The molecule has 0 spiro atoms. The fourth-order valence-corrected chi connectivity index (χ4v) is 2.06. The second-order valence-electron chi connectivity index (χ2n) is 3.48. The van der Waals surface area contributed by atoms with Gasteiger partial charge in [-0.1, -0.05) is 0 Å². The van der Waals surface area contributed by atoms with E-state index in [0.29, 0.717) is 0 Å². The van der Waals surface area contributed by atoms with Gasteiger partial charge in [-0.15, -0.1) is 11.8 Å². The van der Waals surface area contributed by atoms with Crippen molar-refractivity contribution in [3.8, 4) is 0 Å². The molecule has 1 atom stereocenters. The van der Waals surface area contributed by atoms with Gasteiger partial charge in [0.2, 0.25) is 0 Å². The maximum Gasteiger partial charge on any atom is 0.414 e. The predicted octanol–water partition coefficient (Wildman–Crippen LogP) is 1.73. The lowest BCUT2D eigenvalue weighted by molar-refractivity contribution is 0.174. The molecule has 0 aliphatic carbocycles. The first-order valence-corrected chi connectivity index (χ1v) is 6.19. The number of hydrogen-bond acceptors (Lipinski definition) is 4. The summed E-state index contributed by atoms with van der Waals surface area (Å²) in [7, 11) is 0. The second-order valence-corrected chi connectivity index (χ2v) is 4.36. The number of aliphatic hydroxyl groups is 1. The van der Waals surface area contributed by atoms with Gasteiger partial charge >= 0.3 is 6.09 Å². The summed E-state index contributed by atoms with van der Waals surface area (Å²) < 4.78 is 4.90. The van der Waals surface area contributed by atoms with Crippen LogP contribution in [0.15, 0.2) is 29.2 Å². The van der Waals surface area contributed by atoms with Gasteiger partial charge in [0.25, 0.3) is 0 Å². The van der Waals surface area contributed by atoms with Gasteiger partial charge in [-0.25, -0.2) is 4.79 Å². The van der Waals surface area contributed by atoms with E-state index in [0.717, 1.165) is 10.6 Å². The Hall–Kier alpha value is -1.20. The zero-order chi connectivity index (χ0) is 11.5. The van der Waals surface area contributed by atoms with Crippen molar-refractivity contribution in [1.82, 2.24) is 0 Å². The summed E-state index contributed by atoms with van der Waals surface area (Å²) in [6, 6.07) is 7.34. The fourth-order valence-electron chi connectivity index (χ4n) is 1.65. The SMILES string of the molecule is CSc1ccc(N2C(=O)OC[C@H]2CO)cc1. The van der Waals surface area contributed by atoms with Crippen molar-refractivity contribution >= 4 is 23.5 Å². The maximum absolute atomic E-state index is 11.5. The third-order valence-corrected chi connectivity index (χ3v) is 3.27. The van der Waals surface area contributed by atoms with E-state index >= 15 is 0 Å². The number of rotatable bonds is 3. The molecule has 1 aliphatic rings. The summed E-state index contributed by atoms with van der Waals surface area (Å²) in [5, 5.41) is 9.14. The lowest BCUT2D eigenvalue weighted by atomic mass is 10.2. The molecule has 0 unspecified atom stereocenters. The Morgan fingerprint density at radius 1 is 1.50 bits per heavy atom. The molecule has 1 fully saturated rings. The van der Waals surface area contributed by atoms with Gasteiger partial charge in [0, 0.05) is 10.6 Å². The van der Waals surface area contributed by atoms with E-state index in [1.54, 1.807) is 11.8 Å². The van der Waals surface area contributed by atoms with Gasteiger partial charge in [0.15, 0.2) is 0 Å². The molecule has 0 radical (unpaired) electrons. The molecule has 1 aromatic carbocycles. The van der Waals surface area contributed by atoms with Crippen molar-refractivity contribution in [2.45, 2.75) is 10.9 Å². The van der Waals surface area contributed by atoms with Gasteiger partial charge in [-0.2, -0.15) is 0 Å². The molecule has 1 aliphatic heterocycles. The Labute approximate surface area is 98.2 Å². The first-order chi connectivity index (χ1) is 7.76. The highest BCUT2D eigenvalue weighted by molar-refractivity contribution is 7.98. The molecule has 1 amide bonds. The molecule has 5 heteroatoms. The number of thioether (sulfide) groups is 1. The number of carbonyl (C=O) groups is 1. The van der Waals surface area contributed by atoms with Gasteiger partial charge in [-0.05, 0) is 30.5 Å². The topological polar surface area (TPSA) is 49.8 Å². The van der Waals surface area contributed by atoms with E-state index in [2.05, 4.69) is 0 Å². The zero-order valence-corrected chi connectivity index (χ0v) is 9.74. The van der Waals surface area contributed by atoms with Crippen molar-refractivity contribution in [3.05, 3.63) is 24.3 Å². The number of carbonyl (C=O) groups excluding carboxylic acids is 1. The lowest BCUT2D eigenvalue weighted by Gasteiger charge is -2.19. The van der Waals surface area contributed by atoms with Crippen molar-refractivity contribution < 1.29 is 14.6 Å². The third kappa shape index (κ3) is 2.01. The Bertz CT molecular complexity index is 379. The Morgan fingerprint density at radius 3 is 2.75 bits per heavy atom. The van der Waals surface area contributed by atoms with Crippen LogP contribution in [0.4, 0.5) is 10.5 Å². The van der Waals surface area contributed by atoms with Crippen molar-refractivity contribution in [3.63, 3.8) is 0 Å². The highest BCUT2D eigenvalue weighted by Gasteiger charge is 2.33. The van der Waals surface area contributed by atoms with Gasteiger partial charge in [-0.3, -0.25) is 4.90 Å². The molecule has 0 aromatic heterocycles. The first kappa shape index (κ1) is 11.3. The standard InChI is InChI=1S/C11H13NO3S/c1-16-10-4-2-8(3-5-10)12-9(6-13)7-15-11(12)14/h2-5,9,13H,6-7H2,1H3/t9-/m1/s1. The van der Waals surface area contributed by atoms with Crippen LogP contribution in [0.25, 0.3) is 0 Å². The number of hydrogen-bond donors (Lipinski definition) is 1. The highest BCUT2D eigenvalue weighted by Crippen LogP contribution is 2.25. The molecule has 1 saturated heterocycles. The number of nitrogens with zero attached hydrogens (tertiary/aromatic N) is 1. The molecular formula is C11H13NO3S. The highest BCUT2D eigenvalue weighted by atomic mass is 32.2. The van der Waals surface area contributed by atoms with Crippen molar-refractivity contribution in [1.29, 1.82) is 0 Å². The summed E-state index contributed by atoms with van der Waals surface area (Å²) in [6.07, 6.45) is 1.60. The van der Waals surface area contributed by atoms with Crippen LogP contribution < -0.4 is 4.90 Å². The fraction of sp³-hybridized carbons (Fsp3) is 0.364. The minimum Gasteiger partial charge on any atom is -0.447 e. The van der Waals surface area contributed by atoms with Crippen LogP contribution in [0.5, 0.6) is 0 Å². The van der Waals surface area contributed by atoms with E-state index in [1.165, 1.54) is 4.90 Å². The van der Waals surface area contributed by atoms with Crippen molar-refractivity contribution in [2.75, 3.05) is 24.4 Å². The molecule has 2 rings (SSSR count). The maximum atomic E-state index is 11.5. The first-order valence-electron chi connectivity index (χ1n) is 4.97. The largest absolute Gasteiger partial charge is 0.447 e. The number of ether oxygens (including phenoxy) is 1. The van der Waals surface area contributed by atoms with Crippen LogP contribution in [0.2, 0.25) is 0 Å². The molecular weight excluding hydrogens is 226 g/mol. The minimum absolute atomic E-state index is 0.0873. The number of amides is 1. The van der Waals surface area contributed by atoms with Crippen LogP contribution in [0.1, 0.15) is 0 Å². The van der Waals surface area contributed by atoms with E-state index in [4.69, 9.17) is 9.84 Å². The molecule has 1 heterocycles. The Kier molecular flexibility index (Phi) is 3.36. The summed E-state index contributed by atoms with van der Waals surface area (Å²) in [4.78, 5) is 14.1. The van der Waals surface area contributed by atoms with Crippen molar-refractivity contribution in [2.24, 2.45) is 0 Å². The molecule has 1 aromatic rings. The summed E-state index contributed by atoms with van der Waals surface area (Å²) >= 11 is 1.64. The quantitative estimate of drug-likeness (QED) is 0.816. The zero-order valence-electron chi connectivity index (χ0n) is 8.92. The number of anilines is 1. The normalized spacial score (nSPS) is 20.0. The average Bonchev–Trinajstić information content (AvgIpc) is 2.70. The van der Waals surface area contributed by atoms with E-state index < -0.39 is 6.09 Å².